The minimum atomic E-state index is -0.981. The molecule has 1 atom stereocenters. The summed E-state index contributed by atoms with van der Waals surface area (Å²) >= 11 is 0. The summed E-state index contributed by atoms with van der Waals surface area (Å²) in [5.41, 5.74) is 1.57. The molecule has 0 fully saturated rings. The van der Waals surface area contributed by atoms with E-state index in [0.29, 0.717) is 45.1 Å². The van der Waals surface area contributed by atoms with Gasteiger partial charge in [-0.05, 0) is 55.3 Å². The maximum Gasteiger partial charge on any atom is 0.333 e. The molecular weight excluding hydrogens is 472 g/mol. The molecule has 3 rings (SSSR count). The highest BCUT2D eigenvalue weighted by atomic mass is 16.5. The van der Waals surface area contributed by atoms with Gasteiger partial charge < -0.3 is 29.5 Å². The zero-order valence-electron chi connectivity index (χ0n) is 21.0. The minimum absolute atomic E-state index is 0.208. The number of aliphatic carboxylic acids is 1. The minimum Gasteiger partial charge on any atom is -0.494 e. The zero-order valence-corrected chi connectivity index (χ0v) is 21.0. The fourth-order valence-electron chi connectivity index (χ4n) is 3.63. The Morgan fingerprint density at radius 2 is 1.46 bits per heavy atom. The van der Waals surface area contributed by atoms with Crippen molar-refractivity contribution in [3.05, 3.63) is 90.5 Å². The normalized spacial score (nSPS) is 11.4. The van der Waals surface area contributed by atoms with Crippen LogP contribution in [0.15, 0.2) is 84.9 Å². The topological polar surface area (TPSA) is 97.3 Å². The third kappa shape index (κ3) is 9.85. The first-order valence-corrected chi connectivity index (χ1v) is 12.4. The smallest absolute Gasteiger partial charge is 0.333 e. The number of carbonyl (C=O) groups is 2. The van der Waals surface area contributed by atoms with E-state index in [-0.39, 0.29) is 12.5 Å². The Morgan fingerprint density at radius 3 is 2.11 bits per heavy atom. The van der Waals surface area contributed by atoms with Gasteiger partial charge in [-0.25, -0.2) is 9.59 Å². The predicted octanol–water partition coefficient (Wildman–Crippen LogP) is 5.10. The van der Waals surface area contributed by atoms with Crippen molar-refractivity contribution < 1.29 is 28.9 Å². The number of hydrogen-bond donors (Lipinski definition) is 2. The first-order chi connectivity index (χ1) is 18.0. The second-order valence-corrected chi connectivity index (χ2v) is 8.28. The van der Waals surface area contributed by atoms with Gasteiger partial charge in [-0.1, -0.05) is 48.5 Å². The molecule has 0 aromatic heterocycles. The van der Waals surface area contributed by atoms with Crippen molar-refractivity contribution in [2.75, 3.05) is 38.2 Å². The van der Waals surface area contributed by atoms with Gasteiger partial charge in [0.05, 0.1) is 13.2 Å². The number of nitrogens with zero attached hydrogens (tertiary/aromatic N) is 1. The summed E-state index contributed by atoms with van der Waals surface area (Å²) in [5.74, 6) is 0.457. The zero-order chi connectivity index (χ0) is 26.3. The lowest BCUT2D eigenvalue weighted by Crippen LogP contribution is -2.39. The van der Waals surface area contributed by atoms with Crippen molar-refractivity contribution >= 4 is 17.7 Å². The molecule has 8 heteroatoms. The van der Waals surface area contributed by atoms with Crippen LogP contribution in [0.4, 0.5) is 10.5 Å². The van der Waals surface area contributed by atoms with E-state index in [1.807, 2.05) is 72.8 Å². The summed E-state index contributed by atoms with van der Waals surface area (Å²) in [6, 6.07) is 25.9. The summed E-state index contributed by atoms with van der Waals surface area (Å²) in [6.45, 7) is 3.79. The molecule has 8 nitrogen and oxygen atoms in total. The number of nitrogens with one attached hydrogen (secondary N) is 1. The molecule has 2 N–H and O–H groups in total. The van der Waals surface area contributed by atoms with Crippen LogP contribution in [-0.2, 0) is 16.0 Å². The average molecular weight is 507 g/mol. The summed E-state index contributed by atoms with van der Waals surface area (Å²) in [6.07, 6.45) is 0.0671. The number of carbonyl (C=O) groups excluding carboxylic acids is 1. The number of hydrogen-bond acceptors (Lipinski definition) is 5. The first-order valence-electron chi connectivity index (χ1n) is 12.4. The van der Waals surface area contributed by atoms with Crippen LogP contribution in [-0.4, -0.2) is 61.0 Å². The molecule has 196 valence electrons. The monoisotopic (exact) mass is 506 g/mol. The number of amides is 2. The van der Waals surface area contributed by atoms with Crippen molar-refractivity contribution in [2.24, 2.45) is 0 Å². The Bertz CT molecular complexity index is 1080. The molecule has 0 saturated carbocycles. The molecule has 3 aromatic rings. The van der Waals surface area contributed by atoms with Crippen molar-refractivity contribution in [3.63, 3.8) is 0 Å². The third-order valence-electron chi connectivity index (χ3n) is 5.51. The Balaban J connectivity index is 1.51. The van der Waals surface area contributed by atoms with Crippen LogP contribution in [0.3, 0.4) is 0 Å². The van der Waals surface area contributed by atoms with E-state index >= 15 is 0 Å². The average Bonchev–Trinajstić information content (AvgIpc) is 2.91. The Hall–Kier alpha value is -4.04. The summed E-state index contributed by atoms with van der Waals surface area (Å²) in [7, 11) is 0. The molecule has 0 aliphatic rings. The third-order valence-corrected chi connectivity index (χ3v) is 5.51. The van der Waals surface area contributed by atoms with Gasteiger partial charge in [-0.3, -0.25) is 0 Å². The van der Waals surface area contributed by atoms with Crippen LogP contribution >= 0.6 is 0 Å². The molecule has 0 bridgehead atoms. The predicted molar refractivity (Wildman–Crippen MR) is 142 cm³/mol. The van der Waals surface area contributed by atoms with Gasteiger partial charge in [-0.15, -0.1) is 0 Å². The number of anilines is 1. The molecule has 0 aliphatic carbocycles. The van der Waals surface area contributed by atoms with E-state index in [2.05, 4.69) is 5.32 Å². The fourth-order valence-corrected chi connectivity index (χ4v) is 3.63. The van der Waals surface area contributed by atoms with E-state index < -0.39 is 12.1 Å². The van der Waals surface area contributed by atoms with Crippen LogP contribution in [0.25, 0.3) is 0 Å². The first kappa shape index (κ1) is 27.5. The van der Waals surface area contributed by atoms with Crippen molar-refractivity contribution in [1.29, 1.82) is 0 Å². The molecule has 37 heavy (non-hydrogen) atoms. The number of rotatable bonds is 15. The van der Waals surface area contributed by atoms with Crippen LogP contribution < -0.4 is 14.8 Å². The van der Waals surface area contributed by atoms with E-state index in [4.69, 9.17) is 14.2 Å². The molecule has 0 aliphatic heterocycles. The van der Waals surface area contributed by atoms with Gasteiger partial charge in [0.1, 0.15) is 18.1 Å². The van der Waals surface area contributed by atoms with Crippen molar-refractivity contribution in [3.8, 4) is 11.5 Å². The number of ether oxygens (including phenoxy) is 3. The SMILES string of the molecule is CCOC(Cc1ccc(OCCN(CCCOc2ccccc2)C(=O)Nc2ccccc2)cc1)C(=O)O. The van der Waals surface area contributed by atoms with Gasteiger partial charge >= 0.3 is 12.0 Å². The number of para-hydroxylation sites is 2. The van der Waals surface area contributed by atoms with E-state index in [1.54, 1.807) is 24.0 Å². The highest BCUT2D eigenvalue weighted by Crippen LogP contribution is 2.15. The lowest BCUT2D eigenvalue weighted by molar-refractivity contribution is -0.149. The Labute approximate surface area is 217 Å². The van der Waals surface area contributed by atoms with Gasteiger partial charge in [0.15, 0.2) is 6.10 Å². The lowest BCUT2D eigenvalue weighted by atomic mass is 10.1. The van der Waals surface area contributed by atoms with Crippen LogP contribution in [0.5, 0.6) is 11.5 Å². The van der Waals surface area contributed by atoms with Gasteiger partial charge in [0, 0.05) is 25.3 Å². The number of carboxylic acids is 1. The van der Waals surface area contributed by atoms with E-state index in [1.165, 1.54) is 0 Å². The largest absolute Gasteiger partial charge is 0.494 e. The Kier molecular flexibility index (Phi) is 11.3. The maximum atomic E-state index is 12.9. The molecule has 2 amide bonds. The molecule has 0 radical (unpaired) electrons. The lowest BCUT2D eigenvalue weighted by Gasteiger charge is -2.23. The van der Waals surface area contributed by atoms with Crippen LogP contribution in [0, 0.1) is 0 Å². The quantitative estimate of drug-likeness (QED) is 0.278. The van der Waals surface area contributed by atoms with E-state index in [0.717, 1.165) is 17.0 Å². The second-order valence-electron chi connectivity index (χ2n) is 8.28. The van der Waals surface area contributed by atoms with Gasteiger partial charge in [0.25, 0.3) is 0 Å². The molecular formula is C29H34N2O6. The number of urea groups is 1. The molecule has 0 spiro atoms. The molecule has 0 heterocycles. The van der Waals surface area contributed by atoms with Gasteiger partial charge in [-0.2, -0.15) is 0 Å². The standard InChI is InChI=1S/C29H34N2O6/c1-2-35-27(28(32)33)22-23-14-16-26(17-15-23)37-21-19-31(29(34)30-24-10-5-3-6-11-24)18-9-20-36-25-12-7-4-8-13-25/h3-8,10-17,27H,2,9,18-22H2,1H3,(H,30,34)(H,32,33). The fraction of sp³-hybridized carbons (Fsp3) is 0.310. The second kappa shape index (κ2) is 15.2. The van der Waals surface area contributed by atoms with Crippen molar-refractivity contribution in [2.45, 2.75) is 25.9 Å². The van der Waals surface area contributed by atoms with Gasteiger partial charge in [0.2, 0.25) is 0 Å². The Morgan fingerprint density at radius 1 is 0.838 bits per heavy atom. The molecule has 0 saturated heterocycles. The van der Waals surface area contributed by atoms with Crippen molar-refractivity contribution in [1.82, 2.24) is 4.90 Å². The summed E-state index contributed by atoms with van der Waals surface area (Å²) < 4.78 is 16.9. The summed E-state index contributed by atoms with van der Waals surface area (Å²) in [4.78, 5) is 25.9. The number of benzene rings is 3. The number of carboxylic acid groups (broad SMARTS) is 1. The summed E-state index contributed by atoms with van der Waals surface area (Å²) in [5, 5.41) is 12.2. The maximum absolute atomic E-state index is 12.9. The van der Waals surface area contributed by atoms with Crippen LogP contribution in [0.2, 0.25) is 0 Å². The van der Waals surface area contributed by atoms with Crippen LogP contribution in [0.1, 0.15) is 18.9 Å². The van der Waals surface area contributed by atoms with E-state index in [9.17, 15) is 14.7 Å². The molecule has 3 aromatic carbocycles. The molecule has 1 unspecified atom stereocenters. The highest BCUT2D eigenvalue weighted by molar-refractivity contribution is 5.89. The highest BCUT2D eigenvalue weighted by Gasteiger charge is 2.18.